The Labute approximate surface area is 143 Å². The maximum Gasteiger partial charge on any atom is 0.360 e. The predicted molar refractivity (Wildman–Crippen MR) is 90.4 cm³/mol. The van der Waals surface area contributed by atoms with Gasteiger partial charge in [0.2, 0.25) is 9.84 Å². The fourth-order valence-electron chi connectivity index (χ4n) is 2.04. The molecule has 0 radical (unpaired) electrons. The monoisotopic (exact) mass is 365 g/mol. The highest BCUT2D eigenvalue weighted by Gasteiger charge is 2.29. The third-order valence-electron chi connectivity index (χ3n) is 3.30. The summed E-state index contributed by atoms with van der Waals surface area (Å²) < 4.78 is 29.8. The lowest BCUT2D eigenvalue weighted by molar-refractivity contribution is -0.410. The Balaban J connectivity index is 2.38. The molecule has 0 aromatic heterocycles. The van der Waals surface area contributed by atoms with Crippen molar-refractivity contribution in [2.45, 2.75) is 5.75 Å². The van der Waals surface area contributed by atoms with E-state index in [1.54, 1.807) is 12.1 Å². The first kappa shape index (κ1) is 18.3. The van der Waals surface area contributed by atoms with Crippen molar-refractivity contribution < 1.29 is 28.3 Å². The Morgan fingerprint density at radius 3 is 2.32 bits per heavy atom. The topological polar surface area (TPSA) is 127 Å². The summed E-state index contributed by atoms with van der Waals surface area (Å²) in [5, 5.41) is 28.9. The second kappa shape index (κ2) is 7.22. The van der Waals surface area contributed by atoms with Crippen molar-refractivity contribution in [1.29, 1.82) is 0 Å². The zero-order chi connectivity index (χ0) is 18.6. The van der Waals surface area contributed by atoms with Gasteiger partial charge in [0.1, 0.15) is 5.75 Å². The van der Waals surface area contributed by atoms with Gasteiger partial charge in [-0.05, 0) is 35.4 Å². The maximum atomic E-state index is 12.4. The fraction of sp³-hybridized carbons (Fsp3) is 0.125. The standard InChI is InChI=1S/C16H15NO7S/c1-24-13-5-2-11(3-6-13)10-25(22,23)16(17(20)21)9-12-4-7-14(18)15(19)8-12/h2-9,18-19H,10H2,1H3/b16-9+. The molecule has 9 heteroatoms. The van der Waals surface area contributed by atoms with Crippen molar-refractivity contribution in [1.82, 2.24) is 0 Å². The summed E-state index contributed by atoms with van der Waals surface area (Å²) in [4.78, 5) is 10.2. The summed E-state index contributed by atoms with van der Waals surface area (Å²) in [5.74, 6) is -0.955. The van der Waals surface area contributed by atoms with Gasteiger partial charge >= 0.3 is 5.03 Å². The summed E-state index contributed by atoms with van der Waals surface area (Å²) in [6.45, 7) is 0. The van der Waals surface area contributed by atoms with Crippen LogP contribution in [0.5, 0.6) is 17.2 Å². The van der Waals surface area contributed by atoms with Gasteiger partial charge in [-0.2, -0.15) is 0 Å². The Morgan fingerprint density at radius 2 is 1.80 bits per heavy atom. The van der Waals surface area contributed by atoms with E-state index in [-0.39, 0.29) is 5.56 Å². The summed E-state index contributed by atoms with van der Waals surface area (Å²) in [5.41, 5.74) is 0.433. The van der Waals surface area contributed by atoms with Crippen LogP contribution in [-0.2, 0) is 15.6 Å². The largest absolute Gasteiger partial charge is 0.504 e. The van der Waals surface area contributed by atoms with Gasteiger partial charge in [0.05, 0.1) is 17.8 Å². The van der Waals surface area contributed by atoms with Crippen molar-refractivity contribution >= 4 is 15.9 Å². The number of benzene rings is 2. The number of nitro groups is 1. The molecular weight excluding hydrogens is 350 g/mol. The predicted octanol–water partition coefficient (Wildman–Crippen LogP) is 2.30. The normalized spacial score (nSPS) is 12.0. The lowest BCUT2D eigenvalue weighted by Gasteiger charge is -2.05. The highest BCUT2D eigenvalue weighted by Crippen LogP contribution is 2.27. The van der Waals surface area contributed by atoms with Gasteiger partial charge in [-0.15, -0.1) is 0 Å². The molecule has 2 aromatic carbocycles. The van der Waals surface area contributed by atoms with Crippen LogP contribution in [0.4, 0.5) is 0 Å². The second-order valence-corrected chi connectivity index (χ2v) is 7.03. The van der Waals surface area contributed by atoms with E-state index < -0.39 is 37.0 Å². The third kappa shape index (κ3) is 4.48. The summed E-state index contributed by atoms with van der Waals surface area (Å²) in [7, 11) is -2.77. The molecule has 0 spiro atoms. The molecule has 0 bridgehead atoms. The molecule has 0 aliphatic heterocycles. The van der Waals surface area contributed by atoms with E-state index in [2.05, 4.69) is 0 Å². The zero-order valence-electron chi connectivity index (χ0n) is 13.1. The number of phenols is 2. The van der Waals surface area contributed by atoms with Crippen molar-refractivity contribution in [2.24, 2.45) is 0 Å². The second-order valence-electron chi connectivity index (χ2n) is 5.09. The molecule has 132 valence electrons. The van der Waals surface area contributed by atoms with Crippen molar-refractivity contribution in [2.75, 3.05) is 7.11 Å². The highest BCUT2D eigenvalue weighted by atomic mass is 32.2. The van der Waals surface area contributed by atoms with Crippen LogP contribution in [0, 0.1) is 10.1 Å². The molecular formula is C16H15NO7S. The number of hydrogen-bond acceptors (Lipinski definition) is 7. The molecule has 25 heavy (non-hydrogen) atoms. The van der Waals surface area contributed by atoms with E-state index in [1.807, 2.05) is 0 Å². The lowest BCUT2D eigenvalue weighted by atomic mass is 10.2. The average molecular weight is 365 g/mol. The van der Waals surface area contributed by atoms with Gasteiger partial charge in [0.25, 0.3) is 0 Å². The first-order valence-electron chi connectivity index (χ1n) is 6.96. The molecule has 0 amide bonds. The minimum Gasteiger partial charge on any atom is -0.504 e. The van der Waals surface area contributed by atoms with Crippen molar-refractivity contribution in [3.63, 3.8) is 0 Å². The van der Waals surface area contributed by atoms with Crippen LogP contribution in [-0.4, -0.2) is 30.7 Å². The fourth-order valence-corrected chi connectivity index (χ4v) is 3.37. The molecule has 0 heterocycles. The molecule has 0 saturated heterocycles. The lowest BCUT2D eigenvalue weighted by Crippen LogP contribution is -2.14. The minimum atomic E-state index is -4.24. The highest BCUT2D eigenvalue weighted by molar-refractivity contribution is 7.94. The molecule has 0 fully saturated rings. The molecule has 2 aromatic rings. The number of sulfone groups is 1. The number of hydrogen-bond donors (Lipinski definition) is 2. The van der Waals surface area contributed by atoms with Crippen LogP contribution in [0.25, 0.3) is 6.08 Å². The van der Waals surface area contributed by atoms with Gasteiger partial charge in [-0.1, -0.05) is 18.2 Å². The van der Waals surface area contributed by atoms with Crippen LogP contribution in [0.1, 0.15) is 11.1 Å². The van der Waals surface area contributed by atoms with E-state index in [9.17, 15) is 28.7 Å². The third-order valence-corrected chi connectivity index (χ3v) is 4.92. The van der Waals surface area contributed by atoms with E-state index >= 15 is 0 Å². The smallest absolute Gasteiger partial charge is 0.360 e. The maximum absolute atomic E-state index is 12.4. The Bertz CT molecular complexity index is 918. The Kier molecular flexibility index (Phi) is 5.28. The quantitative estimate of drug-likeness (QED) is 0.457. The van der Waals surface area contributed by atoms with Crippen molar-refractivity contribution in [3.8, 4) is 17.2 Å². The van der Waals surface area contributed by atoms with Gasteiger partial charge in [0, 0.05) is 6.08 Å². The Morgan fingerprint density at radius 1 is 1.16 bits per heavy atom. The number of methoxy groups -OCH3 is 1. The number of rotatable bonds is 6. The molecule has 0 aliphatic carbocycles. The van der Waals surface area contributed by atoms with Crippen LogP contribution in [0.3, 0.4) is 0 Å². The van der Waals surface area contributed by atoms with E-state index in [0.29, 0.717) is 11.3 Å². The molecule has 2 rings (SSSR count). The van der Waals surface area contributed by atoms with Gasteiger partial charge in [-0.3, -0.25) is 10.1 Å². The molecule has 0 unspecified atom stereocenters. The number of ether oxygens (including phenoxy) is 1. The number of phenolic OH excluding ortho intramolecular Hbond substituents is 2. The molecule has 0 atom stereocenters. The van der Waals surface area contributed by atoms with Gasteiger partial charge in [-0.25, -0.2) is 8.42 Å². The summed E-state index contributed by atoms with van der Waals surface area (Å²) >= 11 is 0. The van der Waals surface area contributed by atoms with Crippen LogP contribution in [0.2, 0.25) is 0 Å². The molecule has 0 aliphatic rings. The summed E-state index contributed by atoms with van der Waals surface area (Å²) in [6, 6.07) is 9.50. The average Bonchev–Trinajstić information content (AvgIpc) is 2.55. The van der Waals surface area contributed by atoms with E-state index in [1.165, 1.54) is 25.3 Å². The van der Waals surface area contributed by atoms with Crippen LogP contribution >= 0.6 is 0 Å². The molecule has 8 nitrogen and oxygen atoms in total. The van der Waals surface area contributed by atoms with Gasteiger partial charge < -0.3 is 14.9 Å². The Hall–Kier alpha value is -3.07. The summed E-state index contributed by atoms with van der Waals surface area (Å²) in [6.07, 6.45) is 0.831. The zero-order valence-corrected chi connectivity index (χ0v) is 13.9. The van der Waals surface area contributed by atoms with Crippen LogP contribution < -0.4 is 4.74 Å². The molecule has 0 saturated carbocycles. The van der Waals surface area contributed by atoms with Crippen LogP contribution in [0.15, 0.2) is 47.5 Å². The first-order chi connectivity index (χ1) is 11.7. The van der Waals surface area contributed by atoms with E-state index in [0.717, 1.165) is 18.2 Å². The SMILES string of the molecule is COc1ccc(CS(=O)(=O)/C(=C/c2ccc(O)c(O)c2)[N+](=O)[O-])cc1. The number of aromatic hydroxyl groups is 2. The van der Waals surface area contributed by atoms with E-state index in [4.69, 9.17) is 4.74 Å². The van der Waals surface area contributed by atoms with Gasteiger partial charge in [0.15, 0.2) is 11.5 Å². The first-order valence-corrected chi connectivity index (χ1v) is 8.62. The minimum absolute atomic E-state index is 0.0697. The number of nitrogens with zero attached hydrogens (tertiary/aromatic N) is 1. The molecule has 2 N–H and O–H groups in total. The van der Waals surface area contributed by atoms with Crippen molar-refractivity contribution in [3.05, 3.63) is 68.7 Å².